The van der Waals surface area contributed by atoms with E-state index in [1.807, 2.05) is 20.8 Å². The average molecular weight is 478 g/mol. The Kier molecular flexibility index (Phi) is 6.35. The highest BCUT2D eigenvalue weighted by molar-refractivity contribution is 6.51. The van der Waals surface area contributed by atoms with Gasteiger partial charge in [-0.15, -0.1) is 0 Å². The molecule has 174 valence electrons. The molecule has 0 aliphatic carbocycles. The molecule has 7 heteroatoms. The van der Waals surface area contributed by atoms with Crippen molar-refractivity contribution in [3.8, 4) is 11.5 Å². The Morgan fingerprint density at radius 3 is 2.35 bits per heavy atom. The third-order valence-electron chi connectivity index (χ3n) is 5.55. The van der Waals surface area contributed by atoms with Gasteiger partial charge >= 0.3 is 0 Å². The van der Waals surface area contributed by atoms with Gasteiger partial charge in [0.15, 0.2) is 0 Å². The molecule has 3 aromatic carbocycles. The van der Waals surface area contributed by atoms with Gasteiger partial charge in [-0.05, 0) is 80.4 Å². The lowest BCUT2D eigenvalue weighted by Gasteiger charge is -2.25. The molecule has 1 aliphatic heterocycles. The van der Waals surface area contributed by atoms with E-state index in [0.717, 1.165) is 5.56 Å². The van der Waals surface area contributed by atoms with Crippen molar-refractivity contribution in [1.29, 1.82) is 0 Å². The fourth-order valence-corrected chi connectivity index (χ4v) is 4.22. The smallest absolute Gasteiger partial charge is 0.300 e. The predicted molar refractivity (Wildman–Crippen MR) is 131 cm³/mol. The number of ether oxygens (including phenoxy) is 1. The van der Waals surface area contributed by atoms with Crippen LogP contribution in [0.15, 0.2) is 72.3 Å². The number of aliphatic hydroxyl groups is 1. The largest absolute Gasteiger partial charge is 0.508 e. The summed E-state index contributed by atoms with van der Waals surface area (Å²) >= 11 is 6.16. The highest BCUT2D eigenvalue weighted by atomic mass is 35.5. The van der Waals surface area contributed by atoms with Gasteiger partial charge in [0.25, 0.3) is 11.7 Å². The van der Waals surface area contributed by atoms with Crippen LogP contribution in [0.25, 0.3) is 5.76 Å². The number of halogens is 1. The number of anilines is 1. The number of phenolic OH excluding ortho intramolecular Hbond substituents is 1. The molecule has 1 unspecified atom stereocenters. The summed E-state index contributed by atoms with van der Waals surface area (Å²) in [7, 11) is 0. The van der Waals surface area contributed by atoms with Crippen molar-refractivity contribution < 1.29 is 24.5 Å². The minimum Gasteiger partial charge on any atom is -0.508 e. The summed E-state index contributed by atoms with van der Waals surface area (Å²) in [4.78, 5) is 27.7. The van der Waals surface area contributed by atoms with Crippen LogP contribution in [0.5, 0.6) is 11.5 Å². The van der Waals surface area contributed by atoms with E-state index in [1.165, 1.54) is 17.0 Å². The van der Waals surface area contributed by atoms with E-state index in [4.69, 9.17) is 16.3 Å². The van der Waals surface area contributed by atoms with E-state index in [1.54, 1.807) is 54.6 Å². The molecule has 6 nitrogen and oxygen atoms in total. The summed E-state index contributed by atoms with van der Waals surface area (Å²) in [5, 5.41) is 21.4. The summed E-state index contributed by atoms with van der Waals surface area (Å²) in [6.07, 6.45) is -0.0179. The van der Waals surface area contributed by atoms with E-state index in [2.05, 4.69) is 0 Å². The molecular formula is C27H24ClNO5. The zero-order valence-corrected chi connectivity index (χ0v) is 19.7. The number of carbonyl (C=O) groups excluding carboxylic acids is 2. The fourth-order valence-electron chi connectivity index (χ4n) is 4.04. The second-order valence-electron chi connectivity index (χ2n) is 8.39. The number of nitrogens with zero attached hydrogens (tertiary/aromatic N) is 1. The van der Waals surface area contributed by atoms with Gasteiger partial charge in [-0.1, -0.05) is 29.8 Å². The Morgan fingerprint density at radius 1 is 1.03 bits per heavy atom. The molecule has 3 aromatic rings. The SMILES string of the molecule is Cc1cc(/C(O)=C2/C(=O)C(=O)N(c3cccc(Cl)c3)C2c2ccc(O)cc2)ccc1OC(C)C. The van der Waals surface area contributed by atoms with E-state index in [9.17, 15) is 19.8 Å². The normalized spacial score (nSPS) is 17.4. The molecule has 0 bridgehead atoms. The Labute approximate surface area is 202 Å². The molecule has 0 radical (unpaired) electrons. The summed E-state index contributed by atoms with van der Waals surface area (Å²) in [5.74, 6) is -1.17. The Bertz CT molecular complexity index is 1300. The van der Waals surface area contributed by atoms with Gasteiger partial charge in [0, 0.05) is 16.3 Å². The van der Waals surface area contributed by atoms with Crippen molar-refractivity contribution in [1.82, 2.24) is 0 Å². The van der Waals surface area contributed by atoms with Gasteiger partial charge in [0.1, 0.15) is 17.3 Å². The zero-order valence-electron chi connectivity index (χ0n) is 18.9. The van der Waals surface area contributed by atoms with Gasteiger partial charge in [0.2, 0.25) is 0 Å². The van der Waals surface area contributed by atoms with Crippen LogP contribution in [-0.4, -0.2) is 28.0 Å². The minimum absolute atomic E-state index is 0.0179. The first-order chi connectivity index (χ1) is 16.2. The lowest BCUT2D eigenvalue weighted by molar-refractivity contribution is -0.132. The Balaban J connectivity index is 1.89. The summed E-state index contributed by atoms with van der Waals surface area (Å²) < 4.78 is 5.77. The second-order valence-corrected chi connectivity index (χ2v) is 8.82. The van der Waals surface area contributed by atoms with Gasteiger partial charge in [0.05, 0.1) is 17.7 Å². The number of hydrogen-bond acceptors (Lipinski definition) is 5. The zero-order chi connectivity index (χ0) is 24.6. The number of rotatable bonds is 5. The van der Waals surface area contributed by atoms with E-state index in [0.29, 0.717) is 27.6 Å². The standard InChI is InChI=1S/C27H24ClNO5/c1-15(2)34-22-12-9-18(13-16(22)3)25(31)23-24(17-7-10-21(30)11-8-17)29(27(33)26(23)32)20-6-4-5-19(28)14-20/h4-15,24,30-31H,1-3H3/b25-23-. The number of aryl methyl sites for hydroxylation is 1. The molecule has 0 aromatic heterocycles. The number of amides is 1. The monoisotopic (exact) mass is 477 g/mol. The number of benzene rings is 3. The first kappa shape index (κ1) is 23.4. The van der Waals surface area contributed by atoms with Crippen LogP contribution < -0.4 is 9.64 Å². The van der Waals surface area contributed by atoms with Crippen LogP contribution in [0.3, 0.4) is 0 Å². The van der Waals surface area contributed by atoms with Crippen LogP contribution in [-0.2, 0) is 9.59 Å². The maximum Gasteiger partial charge on any atom is 0.300 e. The molecule has 1 aliphatic rings. The summed E-state index contributed by atoms with van der Waals surface area (Å²) in [5.41, 5.74) is 2.09. The maximum absolute atomic E-state index is 13.2. The van der Waals surface area contributed by atoms with Crippen LogP contribution in [0.1, 0.15) is 36.6 Å². The van der Waals surface area contributed by atoms with Crippen molar-refractivity contribution in [3.63, 3.8) is 0 Å². The minimum atomic E-state index is -0.911. The number of aromatic hydroxyl groups is 1. The first-order valence-corrected chi connectivity index (χ1v) is 11.2. The van der Waals surface area contributed by atoms with Gasteiger partial charge < -0.3 is 14.9 Å². The highest BCUT2D eigenvalue weighted by Crippen LogP contribution is 2.43. The molecule has 1 heterocycles. The number of hydrogen-bond donors (Lipinski definition) is 2. The Hall–Kier alpha value is -3.77. The molecule has 1 amide bonds. The van der Waals surface area contributed by atoms with Crippen molar-refractivity contribution >= 4 is 34.7 Å². The third-order valence-corrected chi connectivity index (χ3v) is 5.79. The van der Waals surface area contributed by atoms with Crippen molar-refractivity contribution in [2.45, 2.75) is 32.9 Å². The van der Waals surface area contributed by atoms with Gasteiger partial charge in [-0.25, -0.2) is 0 Å². The number of ketones is 1. The average Bonchev–Trinajstić information content (AvgIpc) is 3.05. The number of aliphatic hydroxyl groups excluding tert-OH is 1. The van der Waals surface area contributed by atoms with Crippen molar-refractivity contribution in [3.05, 3.63) is 94.0 Å². The third kappa shape index (κ3) is 4.37. The highest BCUT2D eigenvalue weighted by Gasteiger charge is 2.47. The second kappa shape index (κ2) is 9.23. The van der Waals surface area contributed by atoms with E-state index in [-0.39, 0.29) is 23.2 Å². The molecule has 1 atom stereocenters. The topological polar surface area (TPSA) is 87.1 Å². The van der Waals surface area contributed by atoms with Crippen LogP contribution in [0, 0.1) is 6.92 Å². The molecular weight excluding hydrogens is 454 g/mol. The summed E-state index contributed by atoms with van der Waals surface area (Å²) in [6, 6.07) is 17.0. The summed E-state index contributed by atoms with van der Waals surface area (Å²) in [6.45, 7) is 5.68. The van der Waals surface area contributed by atoms with Gasteiger partial charge in [-0.2, -0.15) is 0 Å². The van der Waals surface area contributed by atoms with Crippen molar-refractivity contribution in [2.24, 2.45) is 0 Å². The van der Waals surface area contributed by atoms with Crippen LogP contribution in [0.4, 0.5) is 5.69 Å². The molecule has 1 saturated heterocycles. The molecule has 34 heavy (non-hydrogen) atoms. The Morgan fingerprint density at radius 2 is 1.74 bits per heavy atom. The van der Waals surface area contributed by atoms with E-state index < -0.39 is 17.7 Å². The number of phenols is 1. The predicted octanol–water partition coefficient (Wildman–Crippen LogP) is 5.77. The van der Waals surface area contributed by atoms with E-state index >= 15 is 0 Å². The number of carbonyl (C=O) groups is 2. The van der Waals surface area contributed by atoms with Crippen LogP contribution in [0.2, 0.25) is 5.02 Å². The lowest BCUT2D eigenvalue weighted by atomic mass is 9.94. The number of Topliss-reactive ketones (excluding diaryl/α,β-unsaturated/α-hetero) is 1. The maximum atomic E-state index is 13.2. The molecule has 1 fully saturated rings. The molecule has 0 spiro atoms. The molecule has 4 rings (SSSR count). The van der Waals surface area contributed by atoms with Crippen LogP contribution >= 0.6 is 11.6 Å². The van der Waals surface area contributed by atoms with Gasteiger partial charge in [-0.3, -0.25) is 14.5 Å². The lowest BCUT2D eigenvalue weighted by Crippen LogP contribution is -2.29. The van der Waals surface area contributed by atoms with Crippen molar-refractivity contribution in [2.75, 3.05) is 4.90 Å². The first-order valence-electron chi connectivity index (χ1n) is 10.8. The molecule has 2 N–H and O–H groups in total. The molecule has 0 saturated carbocycles. The fraction of sp³-hybridized carbons (Fsp3) is 0.185. The quantitative estimate of drug-likeness (QED) is 0.277.